The Bertz CT molecular complexity index is 381. The molecule has 1 fully saturated rings. The average Bonchev–Trinajstić information content (AvgIpc) is 3.22. The van der Waals surface area contributed by atoms with Gasteiger partial charge >= 0.3 is 0 Å². The molecule has 1 N–H and O–H groups in total. The van der Waals surface area contributed by atoms with E-state index in [9.17, 15) is 0 Å². The van der Waals surface area contributed by atoms with E-state index in [1.807, 2.05) is 0 Å². The number of nitrogens with one attached hydrogen (secondary N) is 1. The standard InChI is InChI=1S/C18H29N/c1-4-14(2)11-16(13-19-18-9-10-18)12-17-8-6-5-7-15(17)3/h5-8,14,16,18-19H,4,9-13H2,1-3H3. The zero-order chi connectivity index (χ0) is 13.7. The van der Waals surface area contributed by atoms with Gasteiger partial charge in [0, 0.05) is 6.04 Å². The molecule has 0 radical (unpaired) electrons. The first-order chi connectivity index (χ1) is 9.19. The van der Waals surface area contributed by atoms with Crippen LogP contribution in [0.5, 0.6) is 0 Å². The Kier molecular flexibility index (Phi) is 5.45. The number of hydrogen-bond acceptors (Lipinski definition) is 1. The lowest BCUT2D eigenvalue weighted by Crippen LogP contribution is -2.27. The molecule has 1 aromatic rings. The molecule has 0 amide bonds. The van der Waals surface area contributed by atoms with E-state index < -0.39 is 0 Å². The summed E-state index contributed by atoms with van der Waals surface area (Å²) in [5, 5.41) is 3.73. The molecule has 2 atom stereocenters. The van der Waals surface area contributed by atoms with Gasteiger partial charge < -0.3 is 5.32 Å². The molecule has 0 aromatic heterocycles. The van der Waals surface area contributed by atoms with Gasteiger partial charge in [0.25, 0.3) is 0 Å². The van der Waals surface area contributed by atoms with Gasteiger partial charge in [-0.15, -0.1) is 0 Å². The summed E-state index contributed by atoms with van der Waals surface area (Å²) in [6.07, 6.45) is 6.66. The Balaban J connectivity index is 1.92. The number of hydrogen-bond donors (Lipinski definition) is 1. The van der Waals surface area contributed by atoms with Crippen LogP contribution in [0.2, 0.25) is 0 Å². The van der Waals surface area contributed by atoms with Crippen molar-refractivity contribution in [1.82, 2.24) is 5.32 Å². The van der Waals surface area contributed by atoms with Gasteiger partial charge in [0.15, 0.2) is 0 Å². The molecule has 1 aliphatic carbocycles. The van der Waals surface area contributed by atoms with Crippen molar-refractivity contribution in [2.75, 3.05) is 6.54 Å². The molecule has 0 saturated heterocycles. The lowest BCUT2D eigenvalue weighted by molar-refractivity contribution is 0.362. The molecule has 0 heterocycles. The predicted molar refractivity (Wildman–Crippen MR) is 83.5 cm³/mol. The Morgan fingerprint density at radius 2 is 2.00 bits per heavy atom. The van der Waals surface area contributed by atoms with E-state index in [1.54, 1.807) is 0 Å². The van der Waals surface area contributed by atoms with Crippen molar-refractivity contribution in [3.8, 4) is 0 Å². The molecule has 1 nitrogen and oxygen atoms in total. The fourth-order valence-corrected chi connectivity index (χ4v) is 2.75. The number of aryl methyl sites for hydroxylation is 1. The highest BCUT2D eigenvalue weighted by Crippen LogP contribution is 2.23. The van der Waals surface area contributed by atoms with Crippen LogP contribution in [0.4, 0.5) is 0 Å². The molecule has 1 aromatic carbocycles. The van der Waals surface area contributed by atoms with Gasteiger partial charge in [-0.3, -0.25) is 0 Å². The van der Waals surface area contributed by atoms with Crippen molar-refractivity contribution in [1.29, 1.82) is 0 Å². The molecule has 2 rings (SSSR count). The Labute approximate surface area is 118 Å². The Hall–Kier alpha value is -0.820. The molecule has 0 spiro atoms. The molecule has 1 aliphatic rings. The summed E-state index contributed by atoms with van der Waals surface area (Å²) in [7, 11) is 0. The first-order valence-corrected chi connectivity index (χ1v) is 7.97. The fraction of sp³-hybridized carbons (Fsp3) is 0.667. The predicted octanol–water partition coefficient (Wildman–Crippen LogP) is 4.34. The number of rotatable bonds is 8. The maximum atomic E-state index is 3.73. The molecule has 106 valence electrons. The highest BCUT2D eigenvalue weighted by atomic mass is 14.9. The van der Waals surface area contributed by atoms with E-state index in [1.165, 1.54) is 49.8 Å². The number of benzene rings is 1. The minimum Gasteiger partial charge on any atom is -0.314 e. The van der Waals surface area contributed by atoms with Crippen LogP contribution in [0.25, 0.3) is 0 Å². The normalized spacial score (nSPS) is 18.3. The lowest BCUT2D eigenvalue weighted by atomic mass is 9.87. The second kappa shape index (κ2) is 7.09. The van der Waals surface area contributed by atoms with Crippen molar-refractivity contribution >= 4 is 0 Å². The van der Waals surface area contributed by atoms with E-state index in [2.05, 4.69) is 50.4 Å². The van der Waals surface area contributed by atoms with Gasteiger partial charge in [-0.25, -0.2) is 0 Å². The van der Waals surface area contributed by atoms with Gasteiger partial charge in [-0.05, 0) is 62.1 Å². The molecule has 2 unspecified atom stereocenters. The monoisotopic (exact) mass is 259 g/mol. The summed E-state index contributed by atoms with van der Waals surface area (Å²) in [6.45, 7) is 8.14. The van der Waals surface area contributed by atoms with Crippen LogP contribution in [0, 0.1) is 18.8 Å². The molecular weight excluding hydrogens is 230 g/mol. The minimum atomic E-state index is 0.789. The fourth-order valence-electron chi connectivity index (χ4n) is 2.75. The third kappa shape index (κ3) is 4.99. The second-order valence-electron chi connectivity index (χ2n) is 6.43. The van der Waals surface area contributed by atoms with E-state index >= 15 is 0 Å². The van der Waals surface area contributed by atoms with Crippen LogP contribution in [-0.4, -0.2) is 12.6 Å². The first kappa shape index (κ1) is 14.6. The van der Waals surface area contributed by atoms with Crippen molar-refractivity contribution in [2.24, 2.45) is 11.8 Å². The maximum Gasteiger partial charge on any atom is 0.00683 e. The summed E-state index contributed by atoms with van der Waals surface area (Å²) < 4.78 is 0. The van der Waals surface area contributed by atoms with Crippen molar-refractivity contribution in [3.63, 3.8) is 0 Å². The van der Waals surface area contributed by atoms with Crippen molar-refractivity contribution in [2.45, 2.75) is 58.9 Å². The molecule has 1 heteroatoms. The molecule has 19 heavy (non-hydrogen) atoms. The topological polar surface area (TPSA) is 12.0 Å². The van der Waals surface area contributed by atoms with Crippen molar-refractivity contribution < 1.29 is 0 Å². The largest absolute Gasteiger partial charge is 0.314 e. The minimum absolute atomic E-state index is 0.789. The third-order valence-corrected chi connectivity index (χ3v) is 4.48. The smallest absolute Gasteiger partial charge is 0.00683 e. The van der Waals surface area contributed by atoms with Gasteiger partial charge in [0.2, 0.25) is 0 Å². The zero-order valence-electron chi connectivity index (χ0n) is 12.8. The summed E-state index contributed by atoms with van der Waals surface area (Å²) in [6, 6.07) is 9.69. The van der Waals surface area contributed by atoms with Crippen LogP contribution in [0.15, 0.2) is 24.3 Å². The van der Waals surface area contributed by atoms with Crippen LogP contribution >= 0.6 is 0 Å². The van der Waals surface area contributed by atoms with Gasteiger partial charge in [-0.1, -0.05) is 44.5 Å². The summed E-state index contributed by atoms with van der Waals surface area (Å²) >= 11 is 0. The highest BCUT2D eigenvalue weighted by Gasteiger charge is 2.22. The van der Waals surface area contributed by atoms with E-state index in [0.717, 1.165) is 17.9 Å². The van der Waals surface area contributed by atoms with Gasteiger partial charge in [0.05, 0.1) is 0 Å². The summed E-state index contributed by atoms with van der Waals surface area (Å²) in [4.78, 5) is 0. The van der Waals surface area contributed by atoms with E-state index in [0.29, 0.717) is 0 Å². The zero-order valence-corrected chi connectivity index (χ0v) is 12.8. The van der Waals surface area contributed by atoms with Gasteiger partial charge in [-0.2, -0.15) is 0 Å². The first-order valence-electron chi connectivity index (χ1n) is 7.97. The molecule has 0 bridgehead atoms. The SMILES string of the molecule is CCC(C)CC(CNC1CC1)Cc1ccccc1C. The van der Waals surface area contributed by atoms with Crippen LogP contribution in [0.1, 0.15) is 50.7 Å². The van der Waals surface area contributed by atoms with Gasteiger partial charge in [0.1, 0.15) is 0 Å². The highest BCUT2D eigenvalue weighted by molar-refractivity contribution is 5.26. The van der Waals surface area contributed by atoms with Crippen LogP contribution in [0.3, 0.4) is 0 Å². The third-order valence-electron chi connectivity index (χ3n) is 4.48. The maximum absolute atomic E-state index is 3.73. The average molecular weight is 259 g/mol. The van der Waals surface area contributed by atoms with Crippen molar-refractivity contribution in [3.05, 3.63) is 35.4 Å². The molecule has 0 aliphatic heterocycles. The lowest BCUT2D eigenvalue weighted by Gasteiger charge is -2.22. The van der Waals surface area contributed by atoms with Crippen LogP contribution < -0.4 is 5.32 Å². The van der Waals surface area contributed by atoms with Crippen LogP contribution in [-0.2, 0) is 6.42 Å². The molecule has 1 saturated carbocycles. The Morgan fingerprint density at radius 3 is 2.63 bits per heavy atom. The second-order valence-corrected chi connectivity index (χ2v) is 6.43. The van der Waals surface area contributed by atoms with E-state index in [-0.39, 0.29) is 0 Å². The summed E-state index contributed by atoms with van der Waals surface area (Å²) in [5.74, 6) is 1.63. The van der Waals surface area contributed by atoms with E-state index in [4.69, 9.17) is 0 Å². The Morgan fingerprint density at radius 1 is 1.26 bits per heavy atom. The summed E-state index contributed by atoms with van der Waals surface area (Å²) in [5.41, 5.74) is 2.98. The quantitative estimate of drug-likeness (QED) is 0.732. The molecular formula is C18H29N.